The first-order chi connectivity index (χ1) is 6.77. The van der Waals surface area contributed by atoms with E-state index in [2.05, 4.69) is 5.32 Å². The molecule has 1 N–H and O–H groups in total. The number of halogens is 2. The molecule has 2 rings (SSSR count). The van der Waals surface area contributed by atoms with Gasteiger partial charge in [-0.05, 0) is 44.6 Å². The highest BCUT2D eigenvalue weighted by Crippen LogP contribution is 2.33. The van der Waals surface area contributed by atoms with Gasteiger partial charge < -0.3 is 5.32 Å². The highest BCUT2D eigenvalue weighted by molar-refractivity contribution is 4.87. The molecule has 0 bridgehead atoms. The topological polar surface area (TPSA) is 12.0 Å². The first kappa shape index (κ1) is 10.3. The molecule has 1 aliphatic carbocycles. The van der Waals surface area contributed by atoms with E-state index in [1.54, 1.807) is 0 Å². The predicted molar refractivity (Wildman–Crippen MR) is 52.8 cm³/mol. The largest absolute Gasteiger partial charge is 0.314 e. The van der Waals surface area contributed by atoms with E-state index < -0.39 is 12.3 Å². The van der Waals surface area contributed by atoms with Gasteiger partial charge in [0.05, 0.1) is 0 Å². The highest BCUT2D eigenvalue weighted by Gasteiger charge is 2.34. The quantitative estimate of drug-likeness (QED) is 0.690. The van der Waals surface area contributed by atoms with E-state index in [1.807, 2.05) is 0 Å². The van der Waals surface area contributed by atoms with Gasteiger partial charge in [0, 0.05) is 6.04 Å². The molecular formula is C11H19F2N. The van der Waals surface area contributed by atoms with E-state index in [-0.39, 0.29) is 0 Å². The Balaban J connectivity index is 1.85. The molecule has 0 aromatic heterocycles. The number of piperidine rings is 1. The van der Waals surface area contributed by atoms with Gasteiger partial charge >= 0.3 is 0 Å². The summed E-state index contributed by atoms with van der Waals surface area (Å²) in [5.41, 5.74) is 0. The molecule has 3 heteroatoms. The first-order valence-electron chi connectivity index (χ1n) is 5.79. The molecule has 0 spiro atoms. The summed E-state index contributed by atoms with van der Waals surface area (Å²) < 4.78 is 26.1. The highest BCUT2D eigenvalue weighted by atomic mass is 19.2. The van der Waals surface area contributed by atoms with Gasteiger partial charge in [-0.25, -0.2) is 8.78 Å². The van der Waals surface area contributed by atoms with E-state index in [1.165, 1.54) is 12.8 Å². The summed E-state index contributed by atoms with van der Waals surface area (Å²) in [7, 11) is 0. The van der Waals surface area contributed by atoms with Crippen molar-refractivity contribution in [2.45, 2.75) is 56.9 Å². The zero-order chi connectivity index (χ0) is 9.97. The average molecular weight is 203 g/mol. The Morgan fingerprint density at radius 1 is 0.929 bits per heavy atom. The van der Waals surface area contributed by atoms with Gasteiger partial charge in [0.25, 0.3) is 0 Å². The molecule has 0 amide bonds. The Hall–Kier alpha value is -0.180. The van der Waals surface area contributed by atoms with Crippen LogP contribution < -0.4 is 5.32 Å². The molecule has 2 fully saturated rings. The van der Waals surface area contributed by atoms with E-state index in [9.17, 15) is 8.78 Å². The SMILES string of the molecule is FC1CCC(C2CCCCN2)CC1F. The van der Waals surface area contributed by atoms with Crippen LogP contribution in [-0.4, -0.2) is 24.9 Å². The fourth-order valence-electron chi connectivity index (χ4n) is 2.76. The van der Waals surface area contributed by atoms with Crippen molar-refractivity contribution in [2.75, 3.05) is 6.54 Å². The second-order valence-electron chi connectivity index (χ2n) is 4.66. The summed E-state index contributed by atoms with van der Waals surface area (Å²) >= 11 is 0. The lowest BCUT2D eigenvalue weighted by atomic mass is 9.79. The van der Waals surface area contributed by atoms with Crippen LogP contribution in [0.2, 0.25) is 0 Å². The Kier molecular flexibility index (Phi) is 3.37. The average Bonchev–Trinajstić information content (AvgIpc) is 2.23. The van der Waals surface area contributed by atoms with Gasteiger partial charge in [-0.15, -0.1) is 0 Å². The summed E-state index contributed by atoms with van der Waals surface area (Å²) in [6, 6.07) is 0.453. The number of alkyl halides is 2. The molecular weight excluding hydrogens is 184 g/mol. The number of rotatable bonds is 1. The number of nitrogens with one attached hydrogen (secondary N) is 1. The normalized spacial score (nSPS) is 45.0. The summed E-state index contributed by atoms with van der Waals surface area (Å²) in [4.78, 5) is 0. The molecule has 1 aliphatic heterocycles. The van der Waals surface area contributed by atoms with E-state index in [0.717, 1.165) is 19.4 Å². The van der Waals surface area contributed by atoms with Crippen LogP contribution in [0.5, 0.6) is 0 Å². The van der Waals surface area contributed by atoms with Crippen molar-refractivity contribution >= 4 is 0 Å². The smallest absolute Gasteiger partial charge is 0.131 e. The van der Waals surface area contributed by atoms with E-state index >= 15 is 0 Å². The van der Waals surface area contributed by atoms with Crippen molar-refractivity contribution in [1.82, 2.24) is 5.32 Å². The van der Waals surface area contributed by atoms with Gasteiger partial charge in [0.2, 0.25) is 0 Å². The maximum Gasteiger partial charge on any atom is 0.131 e. The van der Waals surface area contributed by atoms with Crippen LogP contribution in [0.15, 0.2) is 0 Å². The molecule has 1 saturated carbocycles. The molecule has 0 aromatic carbocycles. The minimum absolute atomic E-state index is 0.372. The van der Waals surface area contributed by atoms with Crippen LogP contribution in [0, 0.1) is 5.92 Å². The Labute approximate surface area is 84.3 Å². The van der Waals surface area contributed by atoms with Crippen LogP contribution in [-0.2, 0) is 0 Å². The number of hydrogen-bond donors (Lipinski definition) is 1. The van der Waals surface area contributed by atoms with Crippen LogP contribution in [0.3, 0.4) is 0 Å². The second kappa shape index (κ2) is 4.56. The van der Waals surface area contributed by atoms with Crippen LogP contribution in [0.1, 0.15) is 38.5 Å². The van der Waals surface area contributed by atoms with E-state index in [4.69, 9.17) is 0 Å². The maximum atomic E-state index is 13.2. The Morgan fingerprint density at radius 3 is 2.43 bits per heavy atom. The van der Waals surface area contributed by atoms with Crippen LogP contribution in [0.25, 0.3) is 0 Å². The minimum Gasteiger partial charge on any atom is -0.314 e. The lowest BCUT2D eigenvalue weighted by Crippen LogP contribution is -2.43. The Bertz CT molecular complexity index is 180. The molecule has 0 aromatic rings. The van der Waals surface area contributed by atoms with E-state index in [0.29, 0.717) is 24.8 Å². The molecule has 1 heterocycles. The zero-order valence-electron chi connectivity index (χ0n) is 8.52. The summed E-state index contributed by atoms with van der Waals surface area (Å²) in [5.74, 6) is 0.372. The third kappa shape index (κ3) is 2.25. The van der Waals surface area contributed by atoms with Crippen molar-refractivity contribution < 1.29 is 8.78 Å². The van der Waals surface area contributed by atoms with Crippen molar-refractivity contribution in [3.05, 3.63) is 0 Å². The monoisotopic (exact) mass is 203 g/mol. The molecule has 0 radical (unpaired) electrons. The second-order valence-corrected chi connectivity index (χ2v) is 4.66. The minimum atomic E-state index is -1.21. The first-order valence-corrected chi connectivity index (χ1v) is 5.79. The molecule has 1 saturated heterocycles. The fourth-order valence-corrected chi connectivity index (χ4v) is 2.76. The van der Waals surface area contributed by atoms with Crippen molar-refractivity contribution in [3.63, 3.8) is 0 Å². The molecule has 2 aliphatic rings. The molecule has 82 valence electrons. The van der Waals surface area contributed by atoms with Crippen molar-refractivity contribution in [2.24, 2.45) is 5.92 Å². The summed E-state index contributed by atoms with van der Waals surface area (Å²) in [6.45, 7) is 1.05. The molecule has 14 heavy (non-hydrogen) atoms. The van der Waals surface area contributed by atoms with Gasteiger partial charge in [-0.2, -0.15) is 0 Å². The molecule has 4 atom stereocenters. The standard InChI is InChI=1S/C11H19F2N/c12-9-5-4-8(7-10(9)13)11-3-1-2-6-14-11/h8-11,14H,1-7H2. The van der Waals surface area contributed by atoms with Gasteiger partial charge in [-0.1, -0.05) is 6.42 Å². The zero-order valence-corrected chi connectivity index (χ0v) is 8.52. The predicted octanol–water partition coefficient (Wildman–Crippen LogP) is 2.60. The summed E-state index contributed by atoms with van der Waals surface area (Å²) in [6.07, 6.45) is 2.92. The summed E-state index contributed by atoms with van der Waals surface area (Å²) in [5, 5.41) is 3.44. The maximum absolute atomic E-state index is 13.2. The van der Waals surface area contributed by atoms with Crippen LogP contribution >= 0.6 is 0 Å². The van der Waals surface area contributed by atoms with Gasteiger partial charge in [0.1, 0.15) is 12.3 Å². The lowest BCUT2D eigenvalue weighted by Gasteiger charge is -2.36. The van der Waals surface area contributed by atoms with Crippen molar-refractivity contribution in [3.8, 4) is 0 Å². The van der Waals surface area contributed by atoms with Gasteiger partial charge in [0.15, 0.2) is 0 Å². The molecule has 1 nitrogen and oxygen atoms in total. The third-order valence-corrected chi connectivity index (χ3v) is 3.65. The number of hydrogen-bond acceptors (Lipinski definition) is 1. The Morgan fingerprint density at radius 2 is 1.79 bits per heavy atom. The molecule has 4 unspecified atom stereocenters. The van der Waals surface area contributed by atoms with Crippen LogP contribution in [0.4, 0.5) is 8.78 Å². The fraction of sp³-hybridized carbons (Fsp3) is 1.00. The lowest BCUT2D eigenvalue weighted by molar-refractivity contribution is 0.0715. The van der Waals surface area contributed by atoms with Gasteiger partial charge in [-0.3, -0.25) is 0 Å². The third-order valence-electron chi connectivity index (χ3n) is 3.65. The van der Waals surface area contributed by atoms with Crippen molar-refractivity contribution in [1.29, 1.82) is 0 Å².